The first-order valence-corrected chi connectivity index (χ1v) is 8.80. The van der Waals surface area contributed by atoms with Gasteiger partial charge in [0.05, 0.1) is 5.54 Å². The Bertz CT molecular complexity index is 544. The molecule has 5 heteroatoms. The lowest BCUT2D eigenvalue weighted by atomic mass is 9.83. The van der Waals surface area contributed by atoms with Crippen LogP contribution in [0.3, 0.4) is 0 Å². The zero-order valence-corrected chi connectivity index (χ0v) is 15.5. The molecule has 0 radical (unpaired) electrons. The van der Waals surface area contributed by atoms with Gasteiger partial charge in [-0.25, -0.2) is 4.99 Å². The van der Waals surface area contributed by atoms with E-state index in [-0.39, 0.29) is 17.7 Å². The Morgan fingerprint density at radius 2 is 1.83 bits per heavy atom. The van der Waals surface area contributed by atoms with Gasteiger partial charge in [-0.05, 0) is 50.7 Å². The van der Waals surface area contributed by atoms with E-state index >= 15 is 0 Å². The summed E-state index contributed by atoms with van der Waals surface area (Å²) in [5, 5.41) is 3.87. The number of likely N-dealkylation sites (N-methyl/N-ethyl adjacent to an activating group) is 1. The van der Waals surface area contributed by atoms with Crippen LogP contribution >= 0.6 is 11.6 Å². The first kappa shape index (κ1) is 18.1. The van der Waals surface area contributed by atoms with Crippen LogP contribution in [-0.4, -0.2) is 43.7 Å². The molecule has 1 aromatic carbocycles. The van der Waals surface area contributed by atoms with Gasteiger partial charge in [-0.3, -0.25) is 0 Å². The summed E-state index contributed by atoms with van der Waals surface area (Å²) in [5.41, 5.74) is 1.14. The third-order valence-electron chi connectivity index (χ3n) is 4.82. The minimum atomic E-state index is -0.0154. The zero-order valence-electron chi connectivity index (χ0n) is 14.8. The largest absolute Gasteiger partial charge is 0.463 e. The van der Waals surface area contributed by atoms with Gasteiger partial charge in [-0.2, -0.15) is 0 Å². The fourth-order valence-electron chi connectivity index (χ4n) is 2.84. The highest BCUT2D eigenvalue weighted by atomic mass is 35.5. The van der Waals surface area contributed by atoms with E-state index in [1.807, 2.05) is 24.3 Å². The Labute approximate surface area is 144 Å². The number of nitrogens with zero attached hydrogens (tertiary/aromatic N) is 2. The van der Waals surface area contributed by atoms with E-state index < -0.39 is 0 Å². The maximum absolute atomic E-state index is 5.93. The van der Waals surface area contributed by atoms with Crippen LogP contribution in [0, 0.1) is 0 Å². The molecule has 3 rings (SSSR count). The van der Waals surface area contributed by atoms with Crippen molar-refractivity contribution in [2.24, 2.45) is 4.99 Å². The van der Waals surface area contributed by atoms with Gasteiger partial charge in [-0.1, -0.05) is 32.4 Å². The van der Waals surface area contributed by atoms with Crippen LogP contribution in [0.25, 0.3) is 0 Å². The Hall–Kier alpha value is -1.26. The first-order valence-electron chi connectivity index (χ1n) is 8.42. The topological polar surface area (TPSA) is 40.2 Å². The van der Waals surface area contributed by atoms with Gasteiger partial charge in [0.15, 0.2) is 6.10 Å². The second kappa shape index (κ2) is 7.54. The molecule has 1 saturated heterocycles. The fraction of sp³-hybridized carbons (Fsp3) is 0.611. The number of benzene rings is 1. The average Bonchev–Trinajstić information content (AvgIpc) is 3.18. The quantitative estimate of drug-likeness (QED) is 0.804. The number of hydrogen-bond acceptors (Lipinski definition) is 4. The van der Waals surface area contributed by atoms with E-state index in [2.05, 4.69) is 50.0 Å². The van der Waals surface area contributed by atoms with Crippen molar-refractivity contribution >= 4 is 23.2 Å². The van der Waals surface area contributed by atoms with Crippen molar-refractivity contribution < 1.29 is 4.74 Å². The molecule has 1 aromatic rings. The third kappa shape index (κ3) is 3.81. The molecule has 0 bridgehead atoms. The van der Waals surface area contributed by atoms with Crippen molar-refractivity contribution in [3.63, 3.8) is 0 Å². The predicted molar refractivity (Wildman–Crippen MR) is 98.9 cm³/mol. The van der Waals surface area contributed by atoms with E-state index in [1.54, 1.807) is 0 Å². The Morgan fingerprint density at radius 3 is 2.17 bits per heavy atom. The number of rotatable bonds is 6. The fourth-order valence-corrected chi connectivity index (χ4v) is 2.97. The number of halogens is 1. The second-order valence-corrected chi connectivity index (χ2v) is 6.59. The molecular formula is C18H28ClN3O. The minimum Gasteiger partial charge on any atom is -0.463 e. The smallest absolute Gasteiger partial charge is 0.229 e. The average molecular weight is 338 g/mol. The van der Waals surface area contributed by atoms with Crippen molar-refractivity contribution in [1.29, 1.82) is 0 Å². The molecule has 0 aromatic heterocycles. The molecule has 1 N–H and O–H groups in total. The lowest BCUT2D eigenvalue weighted by molar-refractivity contribution is 0.287. The Morgan fingerprint density at radius 1 is 1.22 bits per heavy atom. The second-order valence-electron chi connectivity index (χ2n) is 6.15. The number of epoxide rings is 1. The summed E-state index contributed by atoms with van der Waals surface area (Å²) in [7, 11) is 2.11. The molecule has 2 aliphatic rings. The van der Waals surface area contributed by atoms with Crippen LogP contribution in [0.15, 0.2) is 29.3 Å². The van der Waals surface area contributed by atoms with Crippen LogP contribution in [0.2, 0.25) is 5.02 Å². The number of hydrogen-bond donors (Lipinski definition) is 1. The highest BCUT2D eigenvalue weighted by Gasteiger charge is 2.59. The summed E-state index contributed by atoms with van der Waals surface area (Å²) < 4.78 is 5.40. The number of anilines is 1. The molecule has 0 amide bonds. The van der Waals surface area contributed by atoms with E-state index in [0.29, 0.717) is 0 Å². The summed E-state index contributed by atoms with van der Waals surface area (Å²) in [6.45, 7) is 10.8. The molecule has 23 heavy (non-hydrogen) atoms. The van der Waals surface area contributed by atoms with Crippen molar-refractivity contribution in [1.82, 2.24) is 5.32 Å². The van der Waals surface area contributed by atoms with Gasteiger partial charge in [0, 0.05) is 17.8 Å². The molecular weight excluding hydrogens is 310 g/mol. The summed E-state index contributed by atoms with van der Waals surface area (Å²) in [6.07, 6.45) is 1.29. The SMILES string of the molecule is CCC(C)(C1N=C2OC21)N(C)c1ccc(Cl)cc1.CCNCC. The maximum atomic E-state index is 5.93. The zero-order chi connectivity index (χ0) is 17.0. The third-order valence-corrected chi connectivity index (χ3v) is 5.07. The van der Waals surface area contributed by atoms with Gasteiger partial charge in [0.1, 0.15) is 6.04 Å². The molecule has 3 unspecified atom stereocenters. The molecule has 128 valence electrons. The monoisotopic (exact) mass is 337 g/mol. The summed E-state index contributed by atoms with van der Waals surface area (Å²) >= 11 is 5.93. The van der Waals surface area contributed by atoms with E-state index in [4.69, 9.17) is 16.3 Å². The van der Waals surface area contributed by atoms with Gasteiger partial charge in [0.2, 0.25) is 5.90 Å². The highest BCUT2D eigenvalue weighted by molar-refractivity contribution is 6.30. The number of fused-ring (bicyclic) bond motifs is 1. The van der Waals surface area contributed by atoms with Crippen LogP contribution in [0.4, 0.5) is 5.69 Å². The number of aliphatic imine (C=N–C) groups is 1. The summed E-state index contributed by atoms with van der Waals surface area (Å²) in [6, 6.07) is 8.19. The van der Waals surface area contributed by atoms with Crippen molar-refractivity contribution in [3.8, 4) is 0 Å². The van der Waals surface area contributed by atoms with E-state index in [0.717, 1.165) is 36.1 Å². The van der Waals surface area contributed by atoms with Gasteiger partial charge < -0.3 is 15.0 Å². The molecule has 1 fully saturated rings. The predicted octanol–water partition coefficient (Wildman–Crippen LogP) is 3.74. The van der Waals surface area contributed by atoms with Crippen LogP contribution in [-0.2, 0) is 4.74 Å². The Kier molecular flexibility index (Phi) is 5.93. The lowest BCUT2D eigenvalue weighted by Gasteiger charge is -2.44. The molecule has 2 aliphatic heterocycles. The van der Waals surface area contributed by atoms with Gasteiger partial charge >= 0.3 is 0 Å². The summed E-state index contributed by atoms with van der Waals surface area (Å²) in [4.78, 5) is 6.82. The highest BCUT2D eigenvalue weighted by Crippen LogP contribution is 2.43. The molecule has 4 nitrogen and oxygen atoms in total. The van der Waals surface area contributed by atoms with Crippen molar-refractivity contribution in [2.45, 2.75) is 51.8 Å². The molecule has 0 aliphatic carbocycles. The van der Waals surface area contributed by atoms with E-state index in [1.165, 1.54) is 0 Å². The van der Waals surface area contributed by atoms with Crippen LogP contribution in [0.1, 0.15) is 34.1 Å². The molecule has 0 saturated carbocycles. The number of ether oxygens (including phenoxy) is 1. The first-order chi connectivity index (χ1) is 11.0. The van der Waals surface area contributed by atoms with Gasteiger partial charge in [-0.15, -0.1) is 0 Å². The molecule has 0 spiro atoms. The number of nitrogens with one attached hydrogen (secondary N) is 1. The maximum Gasteiger partial charge on any atom is 0.229 e. The Balaban J connectivity index is 0.000000338. The molecule has 3 atom stereocenters. The molecule has 2 heterocycles. The van der Waals surface area contributed by atoms with Gasteiger partial charge in [0.25, 0.3) is 0 Å². The van der Waals surface area contributed by atoms with Crippen molar-refractivity contribution in [3.05, 3.63) is 29.3 Å². The standard InChI is InChI=1S/C14H17ClN2O.C4H11N/c1-4-14(2,12-11-13(16-12)18-11)17(3)10-7-5-9(15)6-8-10;1-3-5-4-2/h5-8,11-12H,4H2,1-3H3;5H,3-4H2,1-2H3. The van der Waals surface area contributed by atoms with Crippen LogP contribution < -0.4 is 10.2 Å². The van der Waals surface area contributed by atoms with Crippen LogP contribution in [0.5, 0.6) is 0 Å². The van der Waals surface area contributed by atoms with E-state index in [9.17, 15) is 0 Å². The lowest BCUT2D eigenvalue weighted by Crippen LogP contribution is -2.56. The van der Waals surface area contributed by atoms with Crippen molar-refractivity contribution in [2.75, 3.05) is 25.0 Å². The normalized spacial score (nSPS) is 23.1. The summed E-state index contributed by atoms with van der Waals surface area (Å²) in [5.74, 6) is 0.934. The minimum absolute atomic E-state index is 0.0154.